The number of carbonyl (C=O) groups is 2. The van der Waals surface area contributed by atoms with E-state index in [4.69, 9.17) is 0 Å². The van der Waals surface area contributed by atoms with Gasteiger partial charge in [0.15, 0.2) is 0 Å². The fourth-order valence-corrected chi connectivity index (χ4v) is 6.81. The highest BCUT2D eigenvalue weighted by atomic mass is 16.4. The largest absolute Gasteiger partial charge is 0.465 e. The van der Waals surface area contributed by atoms with Crippen molar-refractivity contribution in [1.29, 1.82) is 0 Å². The number of hydrogen-bond donors (Lipinski definition) is 1. The lowest BCUT2D eigenvalue weighted by atomic mass is 9.68. The van der Waals surface area contributed by atoms with Gasteiger partial charge in [-0.05, 0) is 62.7 Å². The van der Waals surface area contributed by atoms with E-state index in [0.717, 1.165) is 58.2 Å². The number of fused-ring (bicyclic) bond motifs is 4. The average Bonchev–Trinajstić information content (AvgIpc) is 3.04. The Balaban J connectivity index is 1.32. The van der Waals surface area contributed by atoms with Crippen LogP contribution in [0.25, 0.3) is 0 Å². The van der Waals surface area contributed by atoms with Crippen LogP contribution in [0, 0.1) is 0 Å². The Labute approximate surface area is 184 Å². The quantitative estimate of drug-likeness (QED) is 0.749. The molecule has 2 bridgehead atoms. The molecule has 4 heterocycles. The topological polar surface area (TPSA) is 67.3 Å². The second-order valence-electron chi connectivity index (χ2n) is 10.2. The van der Waals surface area contributed by atoms with Gasteiger partial charge in [-0.1, -0.05) is 24.3 Å². The molecule has 0 radical (unpaired) electrons. The van der Waals surface area contributed by atoms with Crippen LogP contribution in [0.5, 0.6) is 0 Å². The minimum absolute atomic E-state index is 0.0256. The first-order valence-electron chi connectivity index (χ1n) is 11.7. The summed E-state index contributed by atoms with van der Waals surface area (Å²) in [5, 5.41) is 9.56. The van der Waals surface area contributed by atoms with Crippen LogP contribution in [0.1, 0.15) is 49.7 Å². The maximum absolute atomic E-state index is 12.8. The van der Waals surface area contributed by atoms with Gasteiger partial charge < -0.3 is 24.7 Å². The van der Waals surface area contributed by atoms with Gasteiger partial charge in [-0.25, -0.2) is 9.59 Å². The zero-order valence-electron chi connectivity index (χ0n) is 18.7. The van der Waals surface area contributed by atoms with Gasteiger partial charge in [-0.3, -0.25) is 0 Å². The summed E-state index contributed by atoms with van der Waals surface area (Å²) in [7, 11) is 3.66. The first kappa shape index (κ1) is 20.6. The second kappa shape index (κ2) is 7.69. The highest BCUT2D eigenvalue weighted by Gasteiger charge is 2.48. The normalized spacial score (nSPS) is 29.7. The number of likely N-dealkylation sites (tertiary alicyclic amines) is 1. The molecular formula is C24H34N4O3. The van der Waals surface area contributed by atoms with Crippen LogP contribution < -0.4 is 0 Å². The van der Waals surface area contributed by atoms with Crippen molar-refractivity contribution in [1.82, 2.24) is 19.6 Å². The number of benzene rings is 1. The fraction of sp³-hybridized carbons (Fsp3) is 0.667. The van der Waals surface area contributed by atoms with Crippen LogP contribution >= 0.6 is 0 Å². The van der Waals surface area contributed by atoms with Gasteiger partial charge in [0.25, 0.3) is 0 Å². The molecule has 5 rings (SSSR count). The van der Waals surface area contributed by atoms with Crippen molar-refractivity contribution in [3.05, 3.63) is 35.4 Å². The van der Waals surface area contributed by atoms with Gasteiger partial charge in [-0.2, -0.15) is 0 Å². The minimum atomic E-state index is -0.743. The van der Waals surface area contributed by atoms with E-state index in [1.807, 2.05) is 19.0 Å². The van der Waals surface area contributed by atoms with Crippen molar-refractivity contribution in [3.63, 3.8) is 0 Å². The van der Waals surface area contributed by atoms with Crippen molar-refractivity contribution in [2.75, 3.05) is 33.7 Å². The number of carboxylic acid groups (broad SMARTS) is 1. The summed E-state index contributed by atoms with van der Waals surface area (Å²) in [6.07, 6.45) is 5.33. The maximum atomic E-state index is 12.8. The average molecular weight is 427 g/mol. The summed E-state index contributed by atoms with van der Waals surface area (Å²) < 4.78 is 0. The Hall–Kier alpha value is -2.28. The van der Waals surface area contributed by atoms with Crippen LogP contribution in [0.4, 0.5) is 9.59 Å². The van der Waals surface area contributed by atoms with Gasteiger partial charge in [0.2, 0.25) is 0 Å². The third-order valence-corrected chi connectivity index (χ3v) is 8.30. The molecule has 1 spiro atoms. The Morgan fingerprint density at radius 2 is 1.68 bits per heavy atom. The SMILES string of the molecule is CN(C)C(=O)N1Cc2ccccc2C2(CCN(C3CC4CCC(C3)N4C(=O)O)CC2)C1. The van der Waals surface area contributed by atoms with E-state index in [-0.39, 0.29) is 23.5 Å². The first-order valence-corrected chi connectivity index (χ1v) is 11.7. The molecule has 4 aliphatic rings. The molecule has 2 atom stereocenters. The monoisotopic (exact) mass is 426 g/mol. The Kier molecular flexibility index (Phi) is 5.12. The minimum Gasteiger partial charge on any atom is -0.465 e. The number of hydrogen-bond acceptors (Lipinski definition) is 3. The molecular weight excluding hydrogens is 392 g/mol. The standard InChI is InChI=1S/C24H34N4O3/c1-25(2)22(29)27-15-17-5-3-4-6-21(17)24(16-27)9-11-26(12-10-24)20-13-18-7-8-19(14-20)28(18)23(30)31/h3-6,18-20H,7-16H2,1-2H3,(H,30,31). The summed E-state index contributed by atoms with van der Waals surface area (Å²) in [5.74, 6) is 0. The van der Waals surface area contributed by atoms with Gasteiger partial charge in [-0.15, -0.1) is 0 Å². The van der Waals surface area contributed by atoms with E-state index < -0.39 is 6.09 Å². The molecule has 2 unspecified atom stereocenters. The van der Waals surface area contributed by atoms with E-state index in [1.54, 1.807) is 9.80 Å². The molecule has 31 heavy (non-hydrogen) atoms. The van der Waals surface area contributed by atoms with Crippen molar-refractivity contribution >= 4 is 12.1 Å². The molecule has 1 aromatic carbocycles. The summed E-state index contributed by atoms with van der Waals surface area (Å²) in [5.41, 5.74) is 2.74. The molecule has 168 valence electrons. The lowest BCUT2D eigenvalue weighted by Crippen LogP contribution is -2.58. The highest BCUT2D eigenvalue weighted by molar-refractivity contribution is 5.74. The third kappa shape index (κ3) is 3.47. The van der Waals surface area contributed by atoms with E-state index in [1.165, 1.54) is 11.1 Å². The second-order valence-corrected chi connectivity index (χ2v) is 10.2. The van der Waals surface area contributed by atoms with Crippen molar-refractivity contribution in [2.45, 2.75) is 68.6 Å². The zero-order valence-corrected chi connectivity index (χ0v) is 18.7. The Morgan fingerprint density at radius 3 is 2.29 bits per heavy atom. The molecule has 0 aliphatic carbocycles. The predicted octanol–water partition coefficient (Wildman–Crippen LogP) is 3.19. The molecule has 0 saturated carbocycles. The Bertz CT molecular complexity index is 850. The number of carbonyl (C=O) groups excluding carboxylic acids is 1. The van der Waals surface area contributed by atoms with Crippen molar-refractivity contribution in [3.8, 4) is 0 Å². The zero-order chi connectivity index (χ0) is 21.8. The molecule has 1 N–H and O–H groups in total. The molecule has 0 aromatic heterocycles. The summed E-state index contributed by atoms with van der Waals surface area (Å²) in [6, 6.07) is 9.64. The van der Waals surface area contributed by atoms with Crippen molar-refractivity contribution < 1.29 is 14.7 Å². The van der Waals surface area contributed by atoms with Gasteiger partial charge in [0, 0.05) is 50.7 Å². The third-order valence-electron chi connectivity index (χ3n) is 8.30. The lowest BCUT2D eigenvalue weighted by Gasteiger charge is -2.51. The number of amides is 3. The number of piperidine rings is 2. The molecule has 3 amide bonds. The molecule has 3 fully saturated rings. The van der Waals surface area contributed by atoms with E-state index >= 15 is 0 Å². The lowest BCUT2D eigenvalue weighted by molar-refractivity contribution is 0.0291. The molecule has 7 nitrogen and oxygen atoms in total. The van der Waals surface area contributed by atoms with Gasteiger partial charge >= 0.3 is 12.1 Å². The van der Waals surface area contributed by atoms with Crippen molar-refractivity contribution in [2.24, 2.45) is 0 Å². The Morgan fingerprint density at radius 1 is 1.03 bits per heavy atom. The first-order chi connectivity index (χ1) is 14.9. The van der Waals surface area contributed by atoms with Gasteiger partial charge in [0.05, 0.1) is 0 Å². The van der Waals surface area contributed by atoms with Crippen LogP contribution in [0.3, 0.4) is 0 Å². The predicted molar refractivity (Wildman–Crippen MR) is 118 cm³/mol. The molecule has 7 heteroatoms. The summed E-state index contributed by atoms with van der Waals surface area (Å²) in [4.78, 5) is 32.5. The number of urea groups is 1. The van der Waals surface area contributed by atoms with Gasteiger partial charge in [0.1, 0.15) is 0 Å². The van der Waals surface area contributed by atoms with E-state index in [2.05, 4.69) is 29.2 Å². The smallest absolute Gasteiger partial charge is 0.407 e. The molecule has 3 saturated heterocycles. The molecule has 1 aromatic rings. The summed E-state index contributed by atoms with van der Waals surface area (Å²) in [6.45, 7) is 3.53. The fourth-order valence-electron chi connectivity index (χ4n) is 6.81. The van der Waals surface area contributed by atoms with E-state index in [9.17, 15) is 14.7 Å². The maximum Gasteiger partial charge on any atom is 0.407 e. The molecule has 4 aliphatic heterocycles. The number of rotatable bonds is 1. The van der Waals surface area contributed by atoms with Crippen LogP contribution in [-0.2, 0) is 12.0 Å². The van der Waals surface area contributed by atoms with E-state index in [0.29, 0.717) is 12.6 Å². The summed E-state index contributed by atoms with van der Waals surface area (Å²) >= 11 is 0. The number of nitrogens with zero attached hydrogens (tertiary/aromatic N) is 4. The van der Waals surface area contributed by atoms with Crippen LogP contribution in [-0.4, -0.2) is 88.7 Å². The van der Waals surface area contributed by atoms with Crippen LogP contribution in [0.15, 0.2) is 24.3 Å². The van der Waals surface area contributed by atoms with Crippen LogP contribution in [0.2, 0.25) is 0 Å². The highest BCUT2D eigenvalue weighted by Crippen LogP contribution is 2.44.